The molecule has 1 saturated heterocycles. The van der Waals surface area contributed by atoms with Gasteiger partial charge in [0.25, 0.3) is 11.8 Å². The topological polar surface area (TPSA) is 64.1 Å². The van der Waals surface area contributed by atoms with Crippen molar-refractivity contribution in [3.8, 4) is 11.1 Å². The number of anilines is 1. The SMILES string of the molecule is CN(C)C(=O)c1ccc(-c2ccc3c(c2)[C@@H]2[C@@H](CCN2C(=O)c2ccc(F)cc2)[C@@H](CO)N3C)cc1. The molecule has 2 amide bonds. The number of carbonyl (C=O) groups excluding carboxylic acids is 2. The van der Waals surface area contributed by atoms with Crippen molar-refractivity contribution in [1.29, 1.82) is 0 Å². The molecule has 186 valence electrons. The zero-order valence-electron chi connectivity index (χ0n) is 20.7. The Morgan fingerprint density at radius 2 is 1.61 bits per heavy atom. The minimum Gasteiger partial charge on any atom is -0.394 e. The van der Waals surface area contributed by atoms with E-state index in [-0.39, 0.29) is 42.2 Å². The molecule has 5 rings (SSSR count). The molecule has 36 heavy (non-hydrogen) atoms. The van der Waals surface area contributed by atoms with Gasteiger partial charge in [0, 0.05) is 50.4 Å². The van der Waals surface area contributed by atoms with Gasteiger partial charge in [-0.1, -0.05) is 18.2 Å². The quantitative estimate of drug-likeness (QED) is 0.599. The highest BCUT2D eigenvalue weighted by Gasteiger charge is 2.47. The van der Waals surface area contributed by atoms with E-state index in [1.165, 1.54) is 24.3 Å². The van der Waals surface area contributed by atoms with Crippen molar-refractivity contribution in [2.45, 2.75) is 18.5 Å². The summed E-state index contributed by atoms with van der Waals surface area (Å²) in [5, 5.41) is 10.2. The molecule has 0 radical (unpaired) electrons. The van der Waals surface area contributed by atoms with Crippen LogP contribution in [0.2, 0.25) is 0 Å². The first-order valence-corrected chi connectivity index (χ1v) is 12.2. The molecular weight excluding hydrogens is 457 g/mol. The van der Waals surface area contributed by atoms with E-state index in [9.17, 15) is 19.1 Å². The minimum atomic E-state index is -0.376. The van der Waals surface area contributed by atoms with Crippen molar-refractivity contribution in [2.24, 2.45) is 5.92 Å². The standard InChI is InChI=1S/C29H30FN3O3/c1-31(2)28(35)19-6-4-18(5-7-19)21-10-13-25-24(16-21)27-23(26(17-34)32(25)3)14-15-33(27)29(36)20-8-11-22(30)12-9-20/h4-13,16,23,26-27,34H,14-15,17H2,1-3H3/t23-,26+,27-/m0/s1. The molecule has 0 bridgehead atoms. The zero-order valence-corrected chi connectivity index (χ0v) is 20.7. The van der Waals surface area contributed by atoms with Crippen LogP contribution < -0.4 is 4.90 Å². The fourth-order valence-corrected chi connectivity index (χ4v) is 5.68. The minimum absolute atomic E-state index is 0.00119. The maximum Gasteiger partial charge on any atom is 0.254 e. The van der Waals surface area contributed by atoms with Gasteiger partial charge in [0.1, 0.15) is 5.82 Å². The lowest BCUT2D eigenvalue weighted by molar-refractivity contribution is 0.0693. The van der Waals surface area contributed by atoms with Crippen LogP contribution >= 0.6 is 0 Å². The Morgan fingerprint density at radius 1 is 0.972 bits per heavy atom. The highest BCUT2D eigenvalue weighted by Crippen LogP contribution is 2.49. The summed E-state index contributed by atoms with van der Waals surface area (Å²) < 4.78 is 13.5. The number of rotatable bonds is 4. The number of halogens is 1. The predicted molar refractivity (Wildman–Crippen MR) is 137 cm³/mol. The molecule has 3 aromatic rings. The van der Waals surface area contributed by atoms with E-state index in [1.807, 2.05) is 48.3 Å². The van der Waals surface area contributed by atoms with Crippen LogP contribution in [0.3, 0.4) is 0 Å². The summed E-state index contributed by atoms with van der Waals surface area (Å²) in [5.74, 6) is -0.481. The van der Waals surface area contributed by atoms with E-state index in [4.69, 9.17) is 0 Å². The third-order valence-electron chi connectivity index (χ3n) is 7.57. The third-order valence-corrected chi connectivity index (χ3v) is 7.57. The molecule has 1 fully saturated rings. The van der Waals surface area contributed by atoms with Gasteiger partial charge in [0.15, 0.2) is 0 Å². The average molecular weight is 488 g/mol. The molecule has 0 aromatic heterocycles. The first kappa shape index (κ1) is 24.0. The second kappa shape index (κ2) is 9.39. The van der Waals surface area contributed by atoms with Gasteiger partial charge in [-0.15, -0.1) is 0 Å². The molecule has 0 aliphatic carbocycles. The summed E-state index contributed by atoms with van der Waals surface area (Å²) in [6.45, 7) is 0.569. The van der Waals surface area contributed by atoms with Crippen LogP contribution in [0.15, 0.2) is 66.7 Å². The number of benzene rings is 3. The fraction of sp³-hybridized carbons (Fsp3) is 0.310. The lowest BCUT2D eigenvalue weighted by atomic mass is 9.81. The lowest BCUT2D eigenvalue weighted by Crippen LogP contribution is -2.48. The number of aliphatic hydroxyl groups is 1. The van der Waals surface area contributed by atoms with Crippen LogP contribution in [0.4, 0.5) is 10.1 Å². The first-order chi connectivity index (χ1) is 17.3. The Bertz CT molecular complexity index is 1290. The molecule has 2 heterocycles. The number of hydrogen-bond acceptors (Lipinski definition) is 4. The second-order valence-electron chi connectivity index (χ2n) is 9.81. The Labute approximate surface area is 210 Å². The molecular formula is C29H30FN3O3. The zero-order chi connectivity index (χ0) is 25.6. The predicted octanol–water partition coefficient (Wildman–Crippen LogP) is 4.21. The van der Waals surface area contributed by atoms with E-state index in [1.54, 1.807) is 19.0 Å². The number of fused-ring (bicyclic) bond motifs is 3. The third kappa shape index (κ3) is 4.03. The van der Waals surface area contributed by atoms with E-state index in [0.717, 1.165) is 28.8 Å². The molecule has 7 heteroatoms. The number of hydrogen-bond donors (Lipinski definition) is 1. The van der Waals surface area contributed by atoms with Crippen molar-refractivity contribution in [3.63, 3.8) is 0 Å². The van der Waals surface area contributed by atoms with Gasteiger partial charge in [-0.2, -0.15) is 0 Å². The van der Waals surface area contributed by atoms with E-state index < -0.39 is 0 Å². The highest BCUT2D eigenvalue weighted by molar-refractivity contribution is 5.95. The molecule has 2 aliphatic heterocycles. The second-order valence-corrected chi connectivity index (χ2v) is 9.81. The summed E-state index contributed by atoms with van der Waals surface area (Å²) in [7, 11) is 5.45. The lowest BCUT2D eigenvalue weighted by Gasteiger charge is -2.44. The molecule has 2 aliphatic rings. The molecule has 0 spiro atoms. The average Bonchev–Trinajstić information content (AvgIpc) is 3.33. The molecule has 6 nitrogen and oxygen atoms in total. The molecule has 0 unspecified atom stereocenters. The van der Waals surface area contributed by atoms with Crippen molar-refractivity contribution >= 4 is 17.5 Å². The fourth-order valence-electron chi connectivity index (χ4n) is 5.68. The van der Waals surface area contributed by atoms with Crippen molar-refractivity contribution in [1.82, 2.24) is 9.80 Å². The summed E-state index contributed by atoms with van der Waals surface area (Å²) in [6, 6.07) is 19.1. The Kier molecular flexibility index (Phi) is 6.26. The Balaban J connectivity index is 1.54. The van der Waals surface area contributed by atoms with Gasteiger partial charge in [0.2, 0.25) is 0 Å². The van der Waals surface area contributed by atoms with E-state index in [0.29, 0.717) is 17.7 Å². The van der Waals surface area contributed by atoms with Gasteiger partial charge >= 0.3 is 0 Å². The smallest absolute Gasteiger partial charge is 0.254 e. The Morgan fingerprint density at radius 3 is 2.25 bits per heavy atom. The van der Waals surface area contributed by atoms with Crippen LogP contribution in [-0.4, -0.2) is 67.1 Å². The maximum atomic E-state index is 13.5. The summed E-state index contributed by atoms with van der Waals surface area (Å²) >= 11 is 0. The largest absolute Gasteiger partial charge is 0.394 e. The molecule has 1 N–H and O–H groups in total. The molecule has 3 atom stereocenters. The van der Waals surface area contributed by atoms with Crippen LogP contribution in [0.25, 0.3) is 11.1 Å². The highest BCUT2D eigenvalue weighted by atomic mass is 19.1. The van der Waals surface area contributed by atoms with Crippen molar-refractivity contribution in [2.75, 3.05) is 39.2 Å². The van der Waals surface area contributed by atoms with Gasteiger partial charge in [0.05, 0.1) is 18.7 Å². The van der Waals surface area contributed by atoms with Crippen molar-refractivity contribution < 1.29 is 19.1 Å². The van der Waals surface area contributed by atoms with Crippen LogP contribution in [0, 0.1) is 11.7 Å². The summed E-state index contributed by atoms with van der Waals surface area (Å²) in [5.41, 5.74) is 5.07. The van der Waals surface area contributed by atoms with Crippen LogP contribution in [0.5, 0.6) is 0 Å². The van der Waals surface area contributed by atoms with Gasteiger partial charge < -0.3 is 19.8 Å². The monoisotopic (exact) mass is 487 g/mol. The van der Waals surface area contributed by atoms with Gasteiger partial charge in [-0.05, 0) is 71.6 Å². The first-order valence-electron chi connectivity index (χ1n) is 12.2. The number of amides is 2. The normalized spacial score (nSPS) is 20.6. The summed E-state index contributed by atoms with van der Waals surface area (Å²) in [6.07, 6.45) is 0.776. The maximum absolute atomic E-state index is 13.5. The number of likely N-dealkylation sites (N-methyl/N-ethyl adjacent to an activating group) is 1. The molecule has 0 saturated carbocycles. The van der Waals surface area contributed by atoms with Crippen LogP contribution in [-0.2, 0) is 0 Å². The number of likely N-dealkylation sites (tertiary alicyclic amines) is 1. The number of carbonyl (C=O) groups is 2. The number of nitrogens with zero attached hydrogens (tertiary/aromatic N) is 3. The van der Waals surface area contributed by atoms with Gasteiger partial charge in [-0.3, -0.25) is 9.59 Å². The molecule has 3 aromatic carbocycles. The number of aliphatic hydroxyl groups excluding tert-OH is 1. The Hall–Kier alpha value is -3.71. The van der Waals surface area contributed by atoms with Gasteiger partial charge in [-0.25, -0.2) is 4.39 Å². The van der Waals surface area contributed by atoms with E-state index in [2.05, 4.69) is 11.0 Å². The van der Waals surface area contributed by atoms with Crippen molar-refractivity contribution in [3.05, 3.63) is 89.2 Å². The van der Waals surface area contributed by atoms with E-state index >= 15 is 0 Å². The van der Waals surface area contributed by atoms with Crippen LogP contribution in [0.1, 0.15) is 38.7 Å². The summed E-state index contributed by atoms with van der Waals surface area (Å²) in [4.78, 5) is 31.3.